The monoisotopic (exact) mass is 255 g/mol. The molecule has 4 nitrogen and oxygen atoms in total. The highest BCUT2D eigenvalue weighted by molar-refractivity contribution is 8.00. The molecule has 0 aromatic carbocycles. The lowest BCUT2D eigenvalue weighted by Crippen LogP contribution is -2.25. The second-order valence-corrected chi connectivity index (χ2v) is 4.68. The quantitative estimate of drug-likeness (QED) is 0.614. The lowest BCUT2D eigenvalue weighted by atomic mass is 10.5. The fraction of sp³-hybridized carbons (Fsp3) is 0.200. The summed E-state index contributed by atoms with van der Waals surface area (Å²) >= 11 is 2.43. The number of thioether (sulfide) groups is 1. The summed E-state index contributed by atoms with van der Waals surface area (Å²) < 4.78 is 0. The number of amides is 1. The highest BCUT2D eigenvalue weighted by atomic mass is 32.2. The number of terminal acetylenes is 1. The molecule has 1 amide bonds. The summed E-state index contributed by atoms with van der Waals surface area (Å²) in [6, 6.07) is 1.55. The highest BCUT2D eigenvalue weighted by Gasteiger charge is 2.08. The van der Waals surface area contributed by atoms with Crippen molar-refractivity contribution in [1.82, 2.24) is 5.32 Å². The van der Waals surface area contributed by atoms with Crippen molar-refractivity contribution < 1.29 is 14.7 Å². The molecule has 1 rings (SSSR count). The average molecular weight is 255 g/mol. The summed E-state index contributed by atoms with van der Waals surface area (Å²) in [7, 11) is 0. The van der Waals surface area contributed by atoms with Crippen molar-refractivity contribution in [1.29, 1.82) is 0 Å². The Bertz CT molecular complexity index is 434. The molecule has 84 valence electrons. The predicted molar refractivity (Wildman–Crippen MR) is 63.8 cm³/mol. The molecule has 1 aromatic rings. The van der Waals surface area contributed by atoms with E-state index in [1.54, 1.807) is 11.4 Å². The fourth-order valence-corrected chi connectivity index (χ4v) is 2.56. The summed E-state index contributed by atoms with van der Waals surface area (Å²) in [6.45, 7) is 0.212. The lowest BCUT2D eigenvalue weighted by Gasteiger charge is -1.99. The predicted octanol–water partition coefficient (Wildman–Crippen LogP) is 1.29. The fourth-order valence-electron chi connectivity index (χ4n) is 0.856. The average Bonchev–Trinajstić information content (AvgIpc) is 2.72. The third-order valence-electron chi connectivity index (χ3n) is 1.54. The van der Waals surface area contributed by atoms with Crippen LogP contribution in [0.2, 0.25) is 0 Å². The summed E-state index contributed by atoms with van der Waals surface area (Å²) in [5.74, 6) is 1.42. The maximum absolute atomic E-state index is 11.2. The molecule has 0 aliphatic rings. The minimum Gasteiger partial charge on any atom is -0.477 e. The SMILES string of the molecule is C#CCNC(=O)CSc1csc(C(=O)O)c1. The van der Waals surface area contributed by atoms with Crippen LogP contribution in [0.25, 0.3) is 0 Å². The van der Waals surface area contributed by atoms with Gasteiger partial charge in [0.05, 0.1) is 12.3 Å². The van der Waals surface area contributed by atoms with Crippen molar-refractivity contribution in [3.8, 4) is 12.3 Å². The number of rotatable bonds is 5. The number of carbonyl (C=O) groups is 2. The van der Waals surface area contributed by atoms with Crippen molar-refractivity contribution in [3.63, 3.8) is 0 Å². The minimum absolute atomic E-state index is 0.161. The largest absolute Gasteiger partial charge is 0.477 e. The summed E-state index contributed by atoms with van der Waals surface area (Å²) in [5, 5.41) is 12.9. The van der Waals surface area contributed by atoms with Crippen LogP contribution in [0.15, 0.2) is 16.3 Å². The van der Waals surface area contributed by atoms with E-state index in [0.717, 1.165) is 16.2 Å². The number of carboxylic acid groups (broad SMARTS) is 1. The van der Waals surface area contributed by atoms with E-state index in [2.05, 4.69) is 11.2 Å². The Morgan fingerprint density at radius 1 is 1.62 bits per heavy atom. The Hall–Kier alpha value is -1.45. The van der Waals surface area contributed by atoms with Gasteiger partial charge in [-0.3, -0.25) is 4.79 Å². The molecule has 0 spiro atoms. The molecule has 0 atom stereocenters. The van der Waals surface area contributed by atoms with E-state index in [1.165, 1.54) is 11.8 Å². The van der Waals surface area contributed by atoms with Crippen molar-refractivity contribution in [2.24, 2.45) is 0 Å². The van der Waals surface area contributed by atoms with Gasteiger partial charge in [-0.05, 0) is 6.07 Å². The first-order valence-electron chi connectivity index (χ1n) is 4.28. The van der Waals surface area contributed by atoms with Gasteiger partial charge in [-0.25, -0.2) is 4.79 Å². The first kappa shape index (κ1) is 12.6. The minimum atomic E-state index is -0.950. The Balaban J connectivity index is 2.40. The number of nitrogens with one attached hydrogen (secondary N) is 1. The van der Waals surface area contributed by atoms with Crippen LogP contribution in [-0.2, 0) is 4.79 Å². The van der Waals surface area contributed by atoms with Gasteiger partial charge in [-0.2, -0.15) is 0 Å². The molecule has 0 saturated carbocycles. The van der Waals surface area contributed by atoms with E-state index in [4.69, 9.17) is 11.5 Å². The van der Waals surface area contributed by atoms with Crippen LogP contribution in [0.3, 0.4) is 0 Å². The van der Waals surface area contributed by atoms with Crippen molar-refractivity contribution in [2.75, 3.05) is 12.3 Å². The van der Waals surface area contributed by atoms with E-state index < -0.39 is 5.97 Å². The molecule has 1 heterocycles. The molecule has 1 aromatic heterocycles. The molecule has 0 fully saturated rings. The molecule has 0 unspecified atom stereocenters. The third-order valence-corrected chi connectivity index (χ3v) is 3.59. The number of hydrogen-bond donors (Lipinski definition) is 2. The number of thiophene rings is 1. The van der Waals surface area contributed by atoms with Crippen LogP contribution in [0.1, 0.15) is 9.67 Å². The van der Waals surface area contributed by atoms with Crippen LogP contribution in [-0.4, -0.2) is 29.3 Å². The Kier molecular flexibility index (Phi) is 4.89. The highest BCUT2D eigenvalue weighted by Crippen LogP contribution is 2.24. The molecule has 0 radical (unpaired) electrons. The summed E-state index contributed by atoms with van der Waals surface area (Å²) in [5.41, 5.74) is 0. The van der Waals surface area contributed by atoms with Crippen molar-refractivity contribution >= 4 is 35.0 Å². The first-order valence-corrected chi connectivity index (χ1v) is 6.15. The Morgan fingerprint density at radius 2 is 2.38 bits per heavy atom. The van der Waals surface area contributed by atoms with Gasteiger partial charge in [0.1, 0.15) is 4.88 Å². The molecular weight excluding hydrogens is 246 g/mol. The van der Waals surface area contributed by atoms with Gasteiger partial charge in [-0.15, -0.1) is 29.5 Å². The van der Waals surface area contributed by atoms with E-state index in [9.17, 15) is 9.59 Å². The number of hydrogen-bond acceptors (Lipinski definition) is 4. The van der Waals surface area contributed by atoms with Crippen LogP contribution in [0.5, 0.6) is 0 Å². The smallest absolute Gasteiger partial charge is 0.345 e. The van der Waals surface area contributed by atoms with Crippen LogP contribution in [0.4, 0.5) is 0 Å². The summed E-state index contributed by atoms with van der Waals surface area (Å²) in [4.78, 5) is 22.8. The van der Waals surface area contributed by atoms with Gasteiger partial charge >= 0.3 is 5.97 Å². The third kappa shape index (κ3) is 3.96. The summed E-state index contributed by atoms with van der Waals surface area (Å²) in [6.07, 6.45) is 4.99. The maximum Gasteiger partial charge on any atom is 0.345 e. The number of carboxylic acids is 1. The van der Waals surface area contributed by atoms with Gasteiger partial charge < -0.3 is 10.4 Å². The van der Waals surface area contributed by atoms with E-state index in [-0.39, 0.29) is 23.1 Å². The first-order chi connectivity index (χ1) is 7.63. The zero-order valence-electron chi connectivity index (χ0n) is 8.23. The molecular formula is C10H9NO3S2. The van der Waals surface area contributed by atoms with Gasteiger partial charge in [0, 0.05) is 10.3 Å². The number of aromatic carboxylic acids is 1. The van der Waals surface area contributed by atoms with Crippen LogP contribution < -0.4 is 5.32 Å². The zero-order valence-corrected chi connectivity index (χ0v) is 9.86. The Morgan fingerprint density at radius 3 is 2.94 bits per heavy atom. The topological polar surface area (TPSA) is 66.4 Å². The second-order valence-electron chi connectivity index (χ2n) is 2.72. The Labute approximate surface area is 101 Å². The van der Waals surface area contributed by atoms with Gasteiger partial charge in [0.15, 0.2) is 0 Å². The normalized spacial score (nSPS) is 9.44. The molecule has 6 heteroatoms. The standard InChI is InChI=1S/C10H9NO3S2/c1-2-3-11-9(12)6-15-7-4-8(10(13)14)16-5-7/h1,4-5H,3,6H2,(H,11,12)(H,13,14). The number of carbonyl (C=O) groups excluding carboxylic acids is 1. The van der Waals surface area contributed by atoms with Gasteiger partial charge in [0.2, 0.25) is 5.91 Å². The molecule has 0 aliphatic carbocycles. The van der Waals surface area contributed by atoms with Crippen molar-refractivity contribution in [2.45, 2.75) is 4.90 Å². The maximum atomic E-state index is 11.2. The van der Waals surface area contributed by atoms with Crippen molar-refractivity contribution in [3.05, 3.63) is 16.3 Å². The molecule has 2 N–H and O–H groups in total. The molecule has 0 aliphatic heterocycles. The van der Waals surface area contributed by atoms with E-state index in [1.807, 2.05) is 0 Å². The molecule has 0 saturated heterocycles. The lowest BCUT2D eigenvalue weighted by molar-refractivity contribution is -0.118. The van der Waals surface area contributed by atoms with E-state index >= 15 is 0 Å². The van der Waals surface area contributed by atoms with E-state index in [0.29, 0.717) is 0 Å². The molecule has 0 bridgehead atoms. The zero-order chi connectivity index (χ0) is 12.0. The van der Waals surface area contributed by atoms with Crippen LogP contribution in [0, 0.1) is 12.3 Å². The van der Waals surface area contributed by atoms with Gasteiger partial charge in [0.25, 0.3) is 0 Å². The molecule has 16 heavy (non-hydrogen) atoms. The second kappa shape index (κ2) is 6.20. The van der Waals surface area contributed by atoms with Crippen LogP contribution >= 0.6 is 23.1 Å². The van der Waals surface area contributed by atoms with Gasteiger partial charge in [-0.1, -0.05) is 5.92 Å².